The van der Waals surface area contributed by atoms with Gasteiger partial charge < -0.3 is 20.1 Å². The van der Waals surface area contributed by atoms with E-state index >= 15 is 0 Å². The van der Waals surface area contributed by atoms with Gasteiger partial charge in [-0.1, -0.05) is 54.1 Å². The fourth-order valence-corrected chi connectivity index (χ4v) is 4.47. The first kappa shape index (κ1) is 25.2. The average Bonchev–Trinajstić information content (AvgIpc) is 3.53. The summed E-state index contributed by atoms with van der Waals surface area (Å²) < 4.78 is 18.9. The Morgan fingerprint density at radius 3 is 2.42 bits per heavy atom. The van der Waals surface area contributed by atoms with Crippen LogP contribution in [0.15, 0.2) is 79.0 Å². The van der Waals surface area contributed by atoms with Crippen molar-refractivity contribution in [1.29, 1.82) is 0 Å². The number of imidazole rings is 1. The maximum Gasteiger partial charge on any atom is 0.325 e. The Balaban J connectivity index is 1.45. The lowest BCUT2D eigenvalue weighted by Gasteiger charge is -2.24. The maximum atomic E-state index is 13.6. The van der Waals surface area contributed by atoms with E-state index in [4.69, 9.17) is 9.84 Å². The van der Waals surface area contributed by atoms with Gasteiger partial charge in [-0.05, 0) is 47.9 Å². The zero-order valence-electron chi connectivity index (χ0n) is 20.7. The number of amides is 3. The van der Waals surface area contributed by atoms with Crippen molar-refractivity contribution >= 4 is 11.9 Å². The number of aromatic amines is 1. The second kappa shape index (κ2) is 10.9. The normalized spacial score (nSPS) is 16.0. The lowest BCUT2D eigenvalue weighted by molar-refractivity contribution is -0.129. The monoisotopic (exact) mass is 514 g/mol. The standard InChI is InChI=1S/C29H27FN4O4/c1-18-2-6-20(7-3-18)24-17-31-27(32-24)25(16-19-4-10-22(30)11-5-19)34-28(36)26(33-29(34)37)21-8-12-23(13-9-21)38-15-14-35/h2-13,17,25-26,35H,14-16H2,1H3,(H,31,32)(H,33,37)/t25-,26+/m0/s1. The van der Waals surface area contributed by atoms with Crippen LogP contribution in [-0.4, -0.2) is 45.1 Å². The van der Waals surface area contributed by atoms with Gasteiger partial charge in [0.05, 0.1) is 18.5 Å². The highest BCUT2D eigenvalue weighted by atomic mass is 19.1. The number of carbonyl (C=O) groups excluding carboxylic acids is 2. The van der Waals surface area contributed by atoms with E-state index in [0.29, 0.717) is 17.1 Å². The smallest absolute Gasteiger partial charge is 0.325 e. The summed E-state index contributed by atoms with van der Waals surface area (Å²) in [6.45, 7) is 2.05. The molecule has 0 bridgehead atoms. The van der Waals surface area contributed by atoms with Crippen LogP contribution in [0, 0.1) is 12.7 Å². The molecule has 0 unspecified atom stereocenters. The molecule has 1 aliphatic rings. The van der Waals surface area contributed by atoms with Gasteiger partial charge in [0.15, 0.2) is 0 Å². The minimum absolute atomic E-state index is 0.109. The van der Waals surface area contributed by atoms with Crippen LogP contribution in [0.1, 0.15) is 34.6 Å². The van der Waals surface area contributed by atoms with Crippen molar-refractivity contribution in [3.63, 3.8) is 0 Å². The second-order valence-corrected chi connectivity index (χ2v) is 9.13. The molecule has 1 aliphatic heterocycles. The molecule has 5 rings (SSSR count). The van der Waals surface area contributed by atoms with E-state index in [2.05, 4.69) is 15.3 Å². The second-order valence-electron chi connectivity index (χ2n) is 9.13. The van der Waals surface area contributed by atoms with Crippen molar-refractivity contribution < 1.29 is 23.8 Å². The van der Waals surface area contributed by atoms with Gasteiger partial charge in [-0.25, -0.2) is 14.2 Å². The number of benzene rings is 3. The Morgan fingerprint density at radius 2 is 1.74 bits per heavy atom. The van der Waals surface area contributed by atoms with Gasteiger partial charge in [0.25, 0.3) is 5.91 Å². The minimum atomic E-state index is -0.878. The van der Waals surface area contributed by atoms with Gasteiger partial charge in [-0.2, -0.15) is 0 Å². The van der Waals surface area contributed by atoms with Crippen LogP contribution < -0.4 is 10.1 Å². The number of imide groups is 1. The number of aromatic nitrogens is 2. The molecular weight excluding hydrogens is 487 g/mol. The summed E-state index contributed by atoms with van der Waals surface area (Å²) in [6.07, 6.45) is 1.93. The third-order valence-electron chi connectivity index (χ3n) is 6.47. The van der Waals surface area contributed by atoms with Crippen LogP contribution in [0.4, 0.5) is 9.18 Å². The van der Waals surface area contributed by atoms with Crippen LogP contribution in [0.5, 0.6) is 5.75 Å². The molecule has 4 aromatic rings. The summed E-state index contributed by atoms with van der Waals surface area (Å²) in [5.41, 5.74) is 4.15. The van der Waals surface area contributed by atoms with Crippen molar-refractivity contribution in [2.45, 2.75) is 25.4 Å². The van der Waals surface area contributed by atoms with Crippen LogP contribution in [-0.2, 0) is 11.2 Å². The maximum absolute atomic E-state index is 13.6. The Labute approximate surface area is 219 Å². The number of hydrogen-bond donors (Lipinski definition) is 3. The topological polar surface area (TPSA) is 108 Å². The molecule has 1 saturated heterocycles. The first-order chi connectivity index (χ1) is 18.4. The van der Waals surface area contributed by atoms with Crippen LogP contribution in [0.2, 0.25) is 0 Å². The number of nitrogens with zero attached hydrogens (tertiary/aromatic N) is 2. The van der Waals surface area contributed by atoms with Crippen molar-refractivity contribution in [2.24, 2.45) is 0 Å². The van der Waals surface area contributed by atoms with Gasteiger partial charge in [0.1, 0.15) is 36.1 Å². The summed E-state index contributed by atoms with van der Waals surface area (Å²) in [5.74, 6) is 0.206. The molecule has 9 heteroatoms. The molecule has 1 fully saturated rings. The molecule has 8 nitrogen and oxygen atoms in total. The van der Waals surface area contributed by atoms with Crippen molar-refractivity contribution in [3.8, 4) is 17.0 Å². The van der Waals surface area contributed by atoms with E-state index < -0.39 is 24.0 Å². The number of H-pyrrole nitrogens is 1. The van der Waals surface area contributed by atoms with E-state index in [1.165, 1.54) is 17.0 Å². The average molecular weight is 515 g/mol. The molecule has 3 aromatic carbocycles. The van der Waals surface area contributed by atoms with Crippen molar-refractivity contribution in [3.05, 3.63) is 107 Å². The number of nitrogens with one attached hydrogen (secondary N) is 2. The largest absolute Gasteiger partial charge is 0.491 e. The molecule has 3 amide bonds. The Morgan fingerprint density at radius 1 is 1.03 bits per heavy atom. The molecule has 2 atom stereocenters. The summed E-state index contributed by atoms with van der Waals surface area (Å²) in [5, 5.41) is 11.7. The number of aryl methyl sites for hydroxylation is 1. The minimum Gasteiger partial charge on any atom is -0.491 e. The summed E-state index contributed by atoms with van der Waals surface area (Å²) in [6, 6.07) is 18.5. The molecule has 0 aliphatic carbocycles. The lowest BCUT2D eigenvalue weighted by Crippen LogP contribution is -2.36. The molecule has 0 radical (unpaired) electrons. The zero-order valence-corrected chi connectivity index (χ0v) is 20.7. The summed E-state index contributed by atoms with van der Waals surface area (Å²) in [7, 11) is 0. The highest BCUT2D eigenvalue weighted by Gasteiger charge is 2.44. The SMILES string of the molecule is Cc1ccc(-c2cnc([C@H](Cc3ccc(F)cc3)N3C(=O)N[C@H](c4ccc(OCCO)cc4)C3=O)[nH]2)cc1. The summed E-state index contributed by atoms with van der Waals surface area (Å²) >= 11 is 0. The number of halogens is 1. The van der Waals surface area contributed by atoms with Gasteiger partial charge in [-0.3, -0.25) is 9.69 Å². The van der Waals surface area contributed by atoms with E-state index in [9.17, 15) is 14.0 Å². The molecule has 1 aromatic heterocycles. The predicted molar refractivity (Wildman–Crippen MR) is 139 cm³/mol. The van der Waals surface area contributed by atoms with Gasteiger partial charge in [0, 0.05) is 6.42 Å². The lowest BCUT2D eigenvalue weighted by atomic mass is 10.0. The van der Waals surface area contributed by atoms with Gasteiger partial charge in [-0.15, -0.1) is 0 Å². The van der Waals surface area contributed by atoms with Crippen molar-refractivity contribution in [1.82, 2.24) is 20.2 Å². The fourth-order valence-electron chi connectivity index (χ4n) is 4.47. The number of hydrogen-bond acceptors (Lipinski definition) is 5. The first-order valence-corrected chi connectivity index (χ1v) is 12.3. The number of rotatable bonds is 9. The molecule has 0 saturated carbocycles. The third kappa shape index (κ3) is 5.28. The highest BCUT2D eigenvalue weighted by molar-refractivity contribution is 6.05. The van der Waals surface area contributed by atoms with Gasteiger partial charge >= 0.3 is 6.03 Å². The molecule has 3 N–H and O–H groups in total. The molecule has 194 valence electrons. The van der Waals surface area contributed by atoms with Crippen molar-refractivity contribution in [2.75, 3.05) is 13.2 Å². The third-order valence-corrected chi connectivity index (χ3v) is 6.47. The van der Waals surface area contributed by atoms with Crippen LogP contribution >= 0.6 is 0 Å². The van der Waals surface area contributed by atoms with E-state index in [1.807, 2.05) is 31.2 Å². The Kier molecular flexibility index (Phi) is 7.19. The molecule has 2 heterocycles. The molecular formula is C29H27FN4O4. The number of ether oxygens (including phenoxy) is 1. The van der Waals surface area contributed by atoms with Crippen LogP contribution in [0.25, 0.3) is 11.3 Å². The molecule has 0 spiro atoms. The number of aliphatic hydroxyl groups excluding tert-OH is 1. The first-order valence-electron chi connectivity index (χ1n) is 12.3. The number of urea groups is 1. The van der Waals surface area contributed by atoms with E-state index in [1.54, 1.807) is 42.6 Å². The van der Waals surface area contributed by atoms with Gasteiger partial charge in [0.2, 0.25) is 0 Å². The zero-order chi connectivity index (χ0) is 26.6. The van der Waals surface area contributed by atoms with E-state index in [-0.39, 0.29) is 25.5 Å². The molecule has 38 heavy (non-hydrogen) atoms. The fraction of sp³-hybridized carbons (Fsp3) is 0.207. The number of aliphatic hydroxyl groups is 1. The highest BCUT2D eigenvalue weighted by Crippen LogP contribution is 2.33. The number of carbonyl (C=O) groups is 2. The Bertz CT molecular complexity index is 1420. The predicted octanol–water partition coefficient (Wildman–Crippen LogP) is 4.47. The quantitative estimate of drug-likeness (QED) is 0.286. The summed E-state index contributed by atoms with van der Waals surface area (Å²) in [4.78, 5) is 35.8. The van der Waals surface area contributed by atoms with Crippen LogP contribution in [0.3, 0.4) is 0 Å². The van der Waals surface area contributed by atoms with E-state index in [0.717, 1.165) is 22.4 Å². The Hall–Kier alpha value is -4.50.